The second kappa shape index (κ2) is 6.55. The molecule has 0 amide bonds. The lowest BCUT2D eigenvalue weighted by atomic mass is 10.2. The Balaban J connectivity index is 2.79. The van der Waals surface area contributed by atoms with E-state index in [9.17, 15) is 8.78 Å². The highest BCUT2D eigenvalue weighted by Gasteiger charge is 2.24. The fourth-order valence-electron chi connectivity index (χ4n) is 1.65. The van der Waals surface area contributed by atoms with Crippen LogP contribution in [0.3, 0.4) is 0 Å². The molecule has 106 valence electrons. The van der Waals surface area contributed by atoms with Gasteiger partial charge in [-0.25, -0.2) is 4.39 Å². The minimum Gasteiger partial charge on any atom is -0.455 e. The van der Waals surface area contributed by atoms with Crippen molar-refractivity contribution in [2.45, 2.75) is 33.0 Å². The first-order valence-electron chi connectivity index (χ1n) is 6.34. The first-order valence-corrected chi connectivity index (χ1v) is 6.34. The predicted octanol–water partition coefficient (Wildman–Crippen LogP) is 4.47. The normalized spacial score (nSPS) is 14.9. The van der Waals surface area contributed by atoms with Gasteiger partial charge < -0.3 is 9.64 Å². The van der Waals surface area contributed by atoms with Crippen LogP contribution in [0.15, 0.2) is 36.0 Å². The highest BCUT2D eigenvalue weighted by Crippen LogP contribution is 2.25. The van der Waals surface area contributed by atoms with Crippen molar-refractivity contribution in [2.24, 2.45) is 0 Å². The standard InChI is InChI=1S/C15H21F2NO/c1-5-6-12(2)18(4)13-7-9-14(10-8-13)19-15(3,17)11-16/h6-10H,5,11H2,1-4H3/b12-6-. The fourth-order valence-corrected chi connectivity index (χ4v) is 1.65. The van der Waals surface area contributed by atoms with Crippen molar-refractivity contribution in [2.75, 3.05) is 18.6 Å². The van der Waals surface area contributed by atoms with E-state index in [-0.39, 0.29) is 0 Å². The van der Waals surface area contributed by atoms with E-state index in [0.29, 0.717) is 5.75 Å². The number of allylic oxidation sites excluding steroid dienone is 2. The van der Waals surface area contributed by atoms with Crippen LogP contribution in [0.1, 0.15) is 27.2 Å². The van der Waals surface area contributed by atoms with Crippen molar-refractivity contribution in [1.29, 1.82) is 0 Å². The highest BCUT2D eigenvalue weighted by molar-refractivity contribution is 5.52. The van der Waals surface area contributed by atoms with Crippen molar-refractivity contribution < 1.29 is 13.5 Å². The molecule has 0 aromatic heterocycles. The zero-order valence-corrected chi connectivity index (χ0v) is 11.9. The smallest absolute Gasteiger partial charge is 0.273 e. The largest absolute Gasteiger partial charge is 0.455 e. The number of hydrogen-bond donors (Lipinski definition) is 0. The van der Waals surface area contributed by atoms with Crippen LogP contribution < -0.4 is 9.64 Å². The summed E-state index contributed by atoms with van der Waals surface area (Å²) in [6.45, 7) is 4.00. The first kappa shape index (κ1) is 15.5. The molecule has 0 radical (unpaired) electrons. The molecule has 0 aliphatic carbocycles. The molecule has 4 heteroatoms. The molecule has 1 atom stereocenters. The SMILES string of the molecule is CC/C=C(/C)N(C)c1ccc(OC(C)(F)CF)cc1. The van der Waals surface area contributed by atoms with Gasteiger partial charge in [0.2, 0.25) is 0 Å². The molecule has 2 nitrogen and oxygen atoms in total. The maximum atomic E-state index is 13.4. The topological polar surface area (TPSA) is 12.5 Å². The van der Waals surface area contributed by atoms with E-state index in [1.165, 1.54) is 0 Å². The fraction of sp³-hybridized carbons (Fsp3) is 0.467. The Labute approximate surface area is 113 Å². The maximum absolute atomic E-state index is 13.4. The van der Waals surface area contributed by atoms with Crippen LogP contribution >= 0.6 is 0 Å². The minimum absolute atomic E-state index is 0.317. The Hall–Kier alpha value is -1.58. The molecule has 1 aromatic rings. The number of nitrogens with zero attached hydrogens (tertiary/aromatic N) is 1. The van der Waals surface area contributed by atoms with Gasteiger partial charge in [0, 0.05) is 25.4 Å². The monoisotopic (exact) mass is 269 g/mol. The highest BCUT2D eigenvalue weighted by atomic mass is 19.2. The molecular weight excluding hydrogens is 248 g/mol. The number of rotatable bonds is 6. The zero-order chi connectivity index (χ0) is 14.5. The van der Waals surface area contributed by atoms with Crippen LogP contribution in [-0.2, 0) is 0 Å². The average molecular weight is 269 g/mol. The molecular formula is C15H21F2NO. The van der Waals surface area contributed by atoms with Gasteiger partial charge in [0.05, 0.1) is 0 Å². The molecule has 0 heterocycles. The summed E-state index contributed by atoms with van der Waals surface area (Å²) in [6.07, 6.45) is 3.08. The number of anilines is 1. The molecule has 0 aliphatic rings. The lowest BCUT2D eigenvalue weighted by molar-refractivity contribution is -0.0622. The average Bonchev–Trinajstić information content (AvgIpc) is 2.38. The summed E-state index contributed by atoms with van der Waals surface area (Å²) in [5, 5.41) is 0. The molecule has 0 saturated carbocycles. The molecule has 0 saturated heterocycles. The lowest BCUT2D eigenvalue weighted by Gasteiger charge is -2.22. The number of alkyl halides is 2. The molecule has 19 heavy (non-hydrogen) atoms. The second-order valence-corrected chi connectivity index (χ2v) is 4.64. The van der Waals surface area contributed by atoms with E-state index >= 15 is 0 Å². The molecule has 1 unspecified atom stereocenters. The van der Waals surface area contributed by atoms with E-state index in [4.69, 9.17) is 4.74 Å². The van der Waals surface area contributed by atoms with E-state index in [1.807, 2.05) is 31.0 Å². The third-order valence-corrected chi connectivity index (χ3v) is 2.82. The Kier molecular flexibility index (Phi) is 5.33. The van der Waals surface area contributed by atoms with Crippen LogP contribution in [0.4, 0.5) is 14.5 Å². The first-order chi connectivity index (χ1) is 8.89. The third-order valence-electron chi connectivity index (χ3n) is 2.82. The van der Waals surface area contributed by atoms with E-state index < -0.39 is 12.5 Å². The molecule has 0 bridgehead atoms. The second-order valence-electron chi connectivity index (χ2n) is 4.64. The van der Waals surface area contributed by atoms with Crippen molar-refractivity contribution in [1.82, 2.24) is 0 Å². The maximum Gasteiger partial charge on any atom is 0.273 e. The van der Waals surface area contributed by atoms with Crippen LogP contribution in [0.2, 0.25) is 0 Å². The third kappa shape index (κ3) is 4.54. The van der Waals surface area contributed by atoms with Crippen LogP contribution in [-0.4, -0.2) is 19.6 Å². The summed E-state index contributed by atoms with van der Waals surface area (Å²) in [5.41, 5.74) is 2.10. The Bertz CT molecular complexity index is 426. The lowest BCUT2D eigenvalue weighted by Crippen LogP contribution is -2.28. The predicted molar refractivity (Wildman–Crippen MR) is 75.0 cm³/mol. The molecule has 0 fully saturated rings. The van der Waals surface area contributed by atoms with Gasteiger partial charge in [0.15, 0.2) is 6.67 Å². The molecule has 0 aliphatic heterocycles. The van der Waals surface area contributed by atoms with Gasteiger partial charge in [-0.1, -0.05) is 13.0 Å². The van der Waals surface area contributed by atoms with Crippen LogP contribution in [0.5, 0.6) is 5.75 Å². The number of ether oxygens (including phenoxy) is 1. The van der Waals surface area contributed by atoms with Gasteiger partial charge >= 0.3 is 0 Å². The van der Waals surface area contributed by atoms with Crippen molar-refractivity contribution in [3.05, 3.63) is 36.0 Å². The van der Waals surface area contributed by atoms with Gasteiger partial charge in [-0.2, -0.15) is 4.39 Å². The summed E-state index contributed by atoms with van der Waals surface area (Å²) < 4.78 is 30.6. The summed E-state index contributed by atoms with van der Waals surface area (Å²) in [4.78, 5) is 2.02. The van der Waals surface area contributed by atoms with E-state index in [1.54, 1.807) is 12.1 Å². The Morgan fingerprint density at radius 1 is 1.37 bits per heavy atom. The van der Waals surface area contributed by atoms with Crippen molar-refractivity contribution in [3.63, 3.8) is 0 Å². The zero-order valence-electron chi connectivity index (χ0n) is 11.9. The minimum atomic E-state index is -2.27. The number of hydrogen-bond acceptors (Lipinski definition) is 2. The Morgan fingerprint density at radius 3 is 2.42 bits per heavy atom. The summed E-state index contributed by atoms with van der Waals surface area (Å²) in [6, 6.07) is 6.91. The van der Waals surface area contributed by atoms with Crippen molar-refractivity contribution in [3.8, 4) is 5.75 Å². The number of benzene rings is 1. The van der Waals surface area contributed by atoms with Crippen LogP contribution in [0, 0.1) is 0 Å². The summed E-state index contributed by atoms with van der Waals surface area (Å²) in [7, 11) is 1.96. The van der Waals surface area contributed by atoms with Crippen molar-refractivity contribution >= 4 is 5.69 Å². The summed E-state index contributed by atoms with van der Waals surface area (Å²) in [5.74, 6) is -1.96. The molecule has 0 spiro atoms. The molecule has 1 aromatic carbocycles. The Morgan fingerprint density at radius 2 is 1.95 bits per heavy atom. The molecule has 1 rings (SSSR count). The molecule has 0 N–H and O–H groups in total. The van der Waals surface area contributed by atoms with Crippen LogP contribution in [0.25, 0.3) is 0 Å². The van der Waals surface area contributed by atoms with Gasteiger partial charge in [0.25, 0.3) is 5.85 Å². The van der Waals surface area contributed by atoms with E-state index in [0.717, 1.165) is 24.7 Å². The van der Waals surface area contributed by atoms with E-state index in [2.05, 4.69) is 13.0 Å². The quantitative estimate of drug-likeness (QED) is 0.755. The van der Waals surface area contributed by atoms with Gasteiger partial charge in [-0.3, -0.25) is 0 Å². The van der Waals surface area contributed by atoms with Gasteiger partial charge in [-0.15, -0.1) is 0 Å². The van der Waals surface area contributed by atoms with Gasteiger partial charge in [-0.05, 0) is 37.6 Å². The number of halogens is 2. The summed E-state index contributed by atoms with van der Waals surface area (Å²) >= 11 is 0. The van der Waals surface area contributed by atoms with Gasteiger partial charge in [0.1, 0.15) is 5.75 Å².